The second-order valence-corrected chi connectivity index (χ2v) is 7.41. The van der Waals surface area contributed by atoms with Crippen LogP contribution in [0.4, 0.5) is 0 Å². The minimum atomic E-state index is -1.33. The van der Waals surface area contributed by atoms with Crippen molar-refractivity contribution in [2.24, 2.45) is 0 Å². The molecule has 26 heavy (non-hydrogen) atoms. The molecule has 7 nitrogen and oxygen atoms in total. The second kappa shape index (κ2) is 7.71. The van der Waals surface area contributed by atoms with Gasteiger partial charge in [0, 0.05) is 6.54 Å². The molecule has 0 saturated carbocycles. The van der Waals surface area contributed by atoms with Gasteiger partial charge in [0.2, 0.25) is 5.91 Å². The third-order valence-corrected chi connectivity index (χ3v) is 5.68. The second-order valence-electron chi connectivity index (χ2n) is 5.45. The molecule has 1 aromatic carbocycles. The Hall–Kier alpha value is -2.65. The smallest absolute Gasteiger partial charge is 0.260 e. The maximum absolute atomic E-state index is 12.2. The first-order chi connectivity index (χ1) is 12.5. The minimum absolute atomic E-state index is 0.0132. The van der Waals surface area contributed by atoms with Crippen molar-refractivity contribution in [1.29, 1.82) is 0 Å². The number of H-pyrrole nitrogens is 1. The maximum atomic E-state index is 12.2. The number of carboxylic acids is 1. The van der Waals surface area contributed by atoms with Crippen LogP contribution in [-0.4, -0.2) is 27.6 Å². The predicted molar refractivity (Wildman–Crippen MR) is 98.3 cm³/mol. The standard InChI is InChI=1S/C17H15N3O4S2/c1-9-12-14(22)19-17(20-15(12)26-13(9)16(23)24)25-8-11(21)18-7-10-5-3-2-4-6-10/h2-6H,7-8H2,1H3,(H,18,21)(H,23,24)(H,19,20,22)/p-1. The Morgan fingerprint density at radius 1 is 1.31 bits per heavy atom. The van der Waals surface area contributed by atoms with Crippen LogP contribution >= 0.6 is 23.1 Å². The fourth-order valence-electron chi connectivity index (χ4n) is 2.37. The quantitative estimate of drug-likeness (QED) is 0.482. The van der Waals surface area contributed by atoms with E-state index in [-0.39, 0.29) is 27.1 Å². The molecule has 2 aromatic heterocycles. The van der Waals surface area contributed by atoms with Crippen molar-refractivity contribution in [3.63, 3.8) is 0 Å². The molecule has 1 amide bonds. The summed E-state index contributed by atoms with van der Waals surface area (Å²) < 4.78 is 0. The Labute approximate surface area is 156 Å². The zero-order valence-electron chi connectivity index (χ0n) is 13.7. The van der Waals surface area contributed by atoms with Crippen molar-refractivity contribution >= 4 is 45.2 Å². The molecule has 0 aliphatic heterocycles. The lowest BCUT2D eigenvalue weighted by Crippen LogP contribution is -2.24. The number of hydrogen-bond acceptors (Lipinski definition) is 7. The fourth-order valence-corrected chi connectivity index (χ4v) is 4.13. The average Bonchev–Trinajstić information content (AvgIpc) is 2.96. The topological polar surface area (TPSA) is 115 Å². The number of hydrogen-bond donors (Lipinski definition) is 2. The number of nitrogens with one attached hydrogen (secondary N) is 2. The Morgan fingerprint density at radius 2 is 2.04 bits per heavy atom. The van der Waals surface area contributed by atoms with Gasteiger partial charge in [0.05, 0.1) is 22.0 Å². The van der Waals surface area contributed by atoms with Gasteiger partial charge in [-0.15, -0.1) is 11.3 Å². The first kappa shape index (κ1) is 18.2. The number of nitrogens with zero attached hydrogens (tertiary/aromatic N) is 1. The van der Waals surface area contributed by atoms with Gasteiger partial charge >= 0.3 is 0 Å². The highest BCUT2D eigenvalue weighted by Crippen LogP contribution is 2.27. The number of rotatable bonds is 6. The molecule has 0 unspecified atom stereocenters. The summed E-state index contributed by atoms with van der Waals surface area (Å²) in [5.74, 6) is -1.45. The van der Waals surface area contributed by atoms with Crippen LogP contribution in [0.25, 0.3) is 10.2 Å². The molecular weight excluding hydrogens is 374 g/mol. The van der Waals surface area contributed by atoms with E-state index in [0.717, 1.165) is 28.7 Å². The Bertz CT molecular complexity index is 1030. The largest absolute Gasteiger partial charge is 0.544 e. The number of thiophene rings is 1. The number of aromatic carboxylic acids is 1. The lowest BCUT2D eigenvalue weighted by Gasteiger charge is -2.05. The van der Waals surface area contributed by atoms with E-state index in [4.69, 9.17) is 0 Å². The van der Waals surface area contributed by atoms with Gasteiger partial charge in [0.1, 0.15) is 4.83 Å². The summed E-state index contributed by atoms with van der Waals surface area (Å²) >= 11 is 1.98. The van der Waals surface area contributed by atoms with Crippen LogP contribution < -0.4 is 16.0 Å². The molecule has 0 atom stereocenters. The number of carbonyl (C=O) groups excluding carboxylic acids is 2. The highest BCUT2D eigenvalue weighted by atomic mass is 32.2. The van der Waals surface area contributed by atoms with Crippen molar-refractivity contribution in [2.45, 2.75) is 18.6 Å². The molecule has 0 fully saturated rings. The van der Waals surface area contributed by atoms with Crippen molar-refractivity contribution in [2.75, 3.05) is 5.75 Å². The Balaban J connectivity index is 1.68. The number of benzene rings is 1. The lowest BCUT2D eigenvalue weighted by atomic mass is 10.2. The molecule has 0 radical (unpaired) electrons. The monoisotopic (exact) mass is 388 g/mol. The molecule has 0 spiro atoms. The number of amides is 1. The van der Waals surface area contributed by atoms with Crippen LogP contribution in [0.3, 0.4) is 0 Å². The molecule has 9 heteroatoms. The molecule has 134 valence electrons. The van der Waals surface area contributed by atoms with Crippen LogP contribution in [0.2, 0.25) is 0 Å². The SMILES string of the molecule is Cc1c(C(=O)[O-])sc2nc(SCC(=O)NCc3ccccc3)[nH]c(=O)c12. The van der Waals surface area contributed by atoms with Crippen molar-refractivity contribution in [3.05, 3.63) is 56.7 Å². The van der Waals surface area contributed by atoms with E-state index in [2.05, 4.69) is 15.3 Å². The molecule has 3 rings (SSSR count). The van der Waals surface area contributed by atoms with Crippen molar-refractivity contribution in [3.8, 4) is 0 Å². The summed E-state index contributed by atoms with van der Waals surface area (Å²) in [5, 5.41) is 14.4. The number of fused-ring (bicyclic) bond motifs is 1. The molecule has 2 heterocycles. The minimum Gasteiger partial charge on any atom is -0.544 e. The van der Waals surface area contributed by atoms with E-state index >= 15 is 0 Å². The number of aromatic nitrogens is 2. The number of aromatic amines is 1. The van der Waals surface area contributed by atoms with Crippen LogP contribution in [0, 0.1) is 6.92 Å². The molecule has 2 N–H and O–H groups in total. The van der Waals surface area contributed by atoms with Gasteiger partial charge < -0.3 is 20.2 Å². The highest BCUT2D eigenvalue weighted by Gasteiger charge is 2.15. The summed E-state index contributed by atoms with van der Waals surface area (Å²) in [5.41, 5.74) is 0.905. The van der Waals surface area contributed by atoms with Crippen LogP contribution in [0.15, 0.2) is 40.3 Å². The van der Waals surface area contributed by atoms with Gasteiger partial charge in [-0.25, -0.2) is 4.98 Å². The molecule has 0 aliphatic carbocycles. The number of carbonyl (C=O) groups is 2. The Morgan fingerprint density at radius 3 is 2.73 bits per heavy atom. The van der Waals surface area contributed by atoms with Crippen molar-refractivity contribution in [1.82, 2.24) is 15.3 Å². The zero-order valence-corrected chi connectivity index (χ0v) is 15.3. The summed E-state index contributed by atoms with van der Waals surface area (Å²) in [6.07, 6.45) is 0. The van der Waals surface area contributed by atoms with Gasteiger partial charge in [0.15, 0.2) is 5.16 Å². The molecule has 0 aliphatic rings. The lowest BCUT2D eigenvalue weighted by molar-refractivity contribution is -0.254. The van der Waals surface area contributed by atoms with Gasteiger partial charge in [-0.1, -0.05) is 42.1 Å². The fraction of sp³-hybridized carbons (Fsp3) is 0.176. The molecule has 0 saturated heterocycles. The van der Waals surface area contributed by atoms with Gasteiger partial charge in [-0.2, -0.15) is 0 Å². The first-order valence-electron chi connectivity index (χ1n) is 7.64. The van der Waals surface area contributed by atoms with E-state index in [1.54, 1.807) is 6.92 Å². The summed E-state index contributed by atoms with van der Waals surface area (Å²) in [6, 6.07) is 9.51. The van der Waals surface area contributed by atoms with Crippen LogP contribution in [0.5, 0.6) is 0 Å². The highest BCUT2D eigenvalue weighted by molar-refractivity contribution is 7.99. The number of thioether (sulfide) groups is 1. The van der Waals surface area contributed by atoms with E-state index in [1.807, 2.05) is 30.3 Å². The zero-order chi connectivity index (χ0) is 18.7. The van der Waals surface area contributed by atoms with Crippen LogP contribution in [0.1, 0.15) is 20.8 Å². The van der Waals surface area contributed by atoms with E-state index < -0.39 is 11.5 Å². The molecule has 3 aromatic rings. The van der Waals surface area contributed by atoms with Gasteiger partial charge in [-0.3, -0.25) is 9.59 Å². The average molecular weight is 388 g/mol. The first-order valence-corrected chi connectivity index (χ1v) is 9.44. The van der Waals surface area contributed by atoms with Crippen LogP contribution in [-0.2, 0) is 11.3 Å². The van der Waals surface area contributed by atoms with Gasteiger partial charge in [-0.05, 0) is 18.1 Å². The van der Waals surface area contributed by atoms with Gasteiger partial charge in [0.25, 0.3) is 5.56 Å². The number of aryl methyl sites for hydroxylation is 1. The van der Waals surface area contributed by atoms with E-state index in [0.29, 0.717) is 16.9 Å². The van der Waals surface area contributed by atoms with Crippen molar-refractivity contribution < 1.29 is 14.7 Å². The Kier molecular flexibility index (Phi) is 5.38. The third-order valence-electron chi connectivity index (χ3n) is 3.64. The summed E-state index contributed by atoms with van der Waals surface area (Å²) in [7, 11) is 0. The summed E-state index contributed by atoms with van der Waals surface area (Å²) in [6.45, 7) is 1.97. The van der Waals surface area contributed by atoms with E-state index in [9.17, 15) is 19.5 Å². The predicted octanol–water partition coefficient (Wildman–Crippen LogP) is 1.07. The third kappa shape index (κ3) is 3.94. The molecule has 0 bridgehead atoms. The normalized spacial score (nSPS) is 10.8. The maximum Gasteiger partial charge on any atom is 0.260 e. The number of carboxylic acid groups (broad SMARTS) is 1. The summed E-state index contributed by atoms with van der Waals surface area (Å²) in [4.78, 5) is 42.4. The molecular formula is C17H14N3O4S2-. The van der Waals surface area contributed by atoms with E-state index in [1.165, 1.54) is 0 Å².